The Bertz CT molecular complexity index is 328. The first-order chi connectivity index (χ1) is 6.20. The van der Waals surface area contributed by atoms with E-state index in [-0.39, 0.29) is 17.3 Å². The molecule has 1 rings (SSSR count). The highest BCUT2D eigenvalue weighted by atomic mass is 35.5. The van der Waals surface area contributed by atoms with Crippen LogP contribution in [0, 0.1) is 0 Å². The first-order valence-electron chi connectivity index (χ1n) is 3.62. The lowest BCUT2D eigenvalue weighted by molar-refractivity contribution is 0.0599. The van der Waals surface area contributed by atoms with Gasteiger partial charge in [-0.05, 0) is 11.6 Å². The molecule has 0 aliphatic carbocycles. The summed E-state index contributed by atoms with van der Waals surface area (Å²) < 4.78 is 4.54. The van der Waals surface area contributed by atoms with Crippen molar-refractivity contribution in [2.75, 3.05) is 7.11 Å². The number of nitrogens with zero attached hydrogens (tertiary/aromatic N) is 1. The quantitative estimate of drug-likeness (QED) is 0.571. The number of aromatic nitrogens is 1. The van der Waals surface area contributed by atoms with Crippen LogP contribution in [-0.4, -0.2) is 18.1 Å². The normalized spacial score (nSPS) is 9.77. The van der Waals surface area contributed by atoms with Crippen molar-refractivity contribution in [1.82, 2.24) is 4.98 Å². The van der Waals surface area contributed by atoms with Gasteiger partial charge < -0.3 is 10.5 Å². The summed E-state index contributed by atoms with van der Waals surface area (Å²) in [6, 6.07) is 1.64. The van der Waals surface area contributed by atoms with Crippen molar-refractivity contribution in [1.29, 1.82) is 0 Å². The Balaban J connectivity index is 3.22. The average Bonchev–Trinajstić information content (AvgIpc) is 2.16. The summed E-state index contributed by atoms with van der Waals surface area (Å²) in [5.74, 6) is -0.515. The number of hydrogen-bond donors (Lipinski definition) is 1. The fraction of sp³-hybridized carbons (Fsp3) is 0.250. The van der Waals surface area contributed by atoms with E-state index in [4.69, 9.17) is 17.3 Å². The van der Waals surface area contributed by atoms with Crippen LogP contribution in [0.2, 0.25) is 5.15 Å². The topological polar surface area (TPSA) is 65.2 Å². The number of methoxy groups -OCH3 is 1. The smallest absolute Gasteiger partial charge is 0.341 e. The van der Waals surface area contributed by atoms with Crippen molar-refractivity contribution in [2.24, 2.45) is 5.73 Å². The highest BCUT2D eigenvalue weighted by molar-refractivity contribution is 6.32. The van der Waals surface area contributed by atoms with Crippen LogP contribution in [-0.2, 0) is 11.3 Å². The van der Waals surface area contributed by atoms with Crippen LogP contribution in [0.3, 0.4) is 0 Å². The van der Waals surface area contributed by atoms with Crippen LogP contribution in [0.5, 0.6) is 0 Å². The van der Waals surface area contributed by atoms with Crippen LogP contribution >= 0.6 is 11.6 Å². The standard InChI is InChI=1S/C8H9ClN2O2/c1-13-8(12)6-5(4-10)2-3-11-7(6)9/h2-3H,4,10H2,1H3. The summed E-state index contributed by atoms with van der Waals surface area (Å²) in [4.78, 5) is 15.0. The number of carbonyl (C=O) groups is 1. The second kappa shape index (κ2) is 4.20. The highest BCUT2D eigenvalue weighted by Gasteiger charge is 2.15. The summed E-state index contributed by atoms with van der Waals surface area (Å²) in [6.07, 6.45) is 1.50. The van der Waals surface area contributed by atoms with Gasteiger partial charge in [-0.15, -0.1) is 0 Å². The number of pyridine rings is 1. The minimum atomic E-state index is -0.515. The SMILES string of the molecule is COC(=O)c1c(CN)ccnc1Cl. The summed E-state index contributed by atoms with van der Waals surface area (Å²) in [6.45, 7) is 0.229. The molecule has 0 aliphatic rings. The number of halogens is 1. The van der Waals surface area contributed by atoms with Gasteiger partial charge in [0.25, 0.3) is 0 Å². The van der Waals surface area contributed by atoms with Gasteiger partial charge in [0.1, 0.15) is 10.7 Å². The first kappa shape index (κ1) is 9.95. The van der Waals surface area contributed by atoms with Crippen molar-refractivity contribution < 1.29 is 9.53 Å². The van der Waals surface area contributed by atoms with E-state index in [1.165, 1.54) is 13.3 Å². The van der Waals surface area contributed by atoms with Crippen LogP contribution in [0.4, 0.5) is 0 Å². The molecule has 0 aromatic carbocycles. The zero-order chi connectivity index (χ0) is 9.84. The maximum atomic E-state index is 11.2. The van der Waals surface area contributed by atoms with Crippen LogP contribution in [0.15, 0.2) is 12.3 Å². The maximum Gasteiger partial charge on any atom is 0.341 e. The van der Waals surface area contributed by atoms with Crippen molar-refractivity contribution in [2.45, 2.75) is 6.54 Å². The number of nitrogens with two attached hydrogens (primary N) is 1. The second-order valence-corrected chi connectivity index (χ2v) is 2.69. The molecule has 13 heavy (non-hydrogen) atoms. The lowest BCUT2D eigenvalue weighted by Gasteiger charge is -2.05. The molecule has 0 unspecified atom stereocenters. The molecule has 0 atom stereocenters. The molecule has 0 spiro atoms. The summed E-state index contributed by atoms with van der Waals surface area (Å²) >= 11 is 5.71. The number of hydrogen-bond acceptors (Lipinski definition) is 4. The predicted molar refractivity (Wildman–Crippen MR) is 48.5 cm³/mol. The monoisotopic (exact) mass is 200 g/mol. The molecule has 0 saturated carbocycles. The zero-order valence-corrected chi connectivity index (χ0v) is 7.84. The molecule has 70 valence electrons. The first-order valence-corrected chi connectivity index (χ1v) is 4.00. The third-order valence-corrected chi connectivity index (χ3v) is 1.89. The Morgan fingerprint density at radius 3 is 3.00 bits per heavy atom. The van der Waals surface area contributed by atoms with Gasteiger partial charge in [-0.3, -0.25) is 0 Å². The van der Waals surface area contributed by atoms with Crippen LogP contribution in [0.25, 0.3) is 0 Å². The third kappa shape index (κ3) is 1.96. The molecule has 0 amide bonds. The molecular weight excluding hydrogens is 192 g/mol. The predicted octanol–water partition coefficient (Wildman–Crippen LogP) is 0.980. The fourth-order valence-corrected chi connectivity index (χ4v) is 1.22. The van der Waals surface area contributed by atoms with Crippen LogP contribution < -0.4 is 5.73 Å². The molecule has 0 aliphatic heterocycles. The highest BCUT2D eigenvalue weighted by Crippen LogP contribution is 2.17. The molecule has 2 N–H and O–H groups in total. The van der Waals surface area contributed by atoms with Crippen molar-refractivity contribution >= 4 is 17.6 Å². The van der Waals surface area contributed by atoms with E-state index in [9.17, 15) is 4.79 Å². The molecule has 5 heteroatoms. The molecule has 1 aromatic rings. The minimum absolute atomic E-state index is 0.120. The van der Waals surface area contributed by atoms with E-state index in [1.54, 1.807) is 6.07 Å². The van der Waals surface area contributed by atoms with Gasteiger partial charge in [0.15, 0.2) is 0 Å². The van der Waals surface area contributed by atoms with Gasteiger partial charge in [0, 0.05) is 12.7 Å². The van der Waals surface area contributed by atoms with Gasteiger partial charge in [-0.1, -0.05) is 11.6 Å². The summed E-state index contributed by atoms with van der Waals surface area (Å²) in [7, 11) is 1.28. The fourth-order valence-electron chi connectivity index (χ4n) is 0.961. The molecule has 0 radical (unpaired) electrons. The van der Waals surface area contributed by atoms with Crippen LogP contribution in [0.1, 0.15) is 15.9 Å². The molecule has 1 aromatic heterocycles. The Morgan fingerprint density at radius 2 is 2.46 bits per heavy atom. The van der Waals surface area contributed by atoms with E-state index in [0.29, 0.717) is 5.56 Å². The molecular formula is C8H9ClN2O2. The summed E-state index contributed by atoms with van der Waals surface area (Å²) in [5, 5.41) is 0.120. The molecule has 0 bridgehead atoms. The number of carbonyl (C=O) groups excluding carboxylic acids is 1. The number of rotatable bonds is 2. The van der Waals surface area contributed by atoms with Gasteiger partial charge in [-0.25, -0.2) is 9.78 Å². The summed E-state index contributed by atoms with van der Waals surface area (Å²) in [5.41, 5.74) is 6.29. The maximum absolute atomic E-state index is 11.2. The van der Waals surface area contributed by atoms with E-state index in [2.05, 4.69) is 9.72 Å². The average molecular weight is 201 g/mol. The van der Waals surface area contributed by atoms with Gasteiger partial charge >= 0.3 is 5.97 Å². The lowest BCUT2D eigenvalue weighted by atomic mass is 10.1. The Hall–Kier alpha value is -1.13. The minimum Gasteiger partial charge on any atom is -0.465 e. The Morgan fingerprint density at radius 1 is 1.77 bits per heavy atom. The van der Waals surface area contributed by atoms with Crippen molar-refractivity contribution in [3.63, 3.8) is 0 Å². The second-order valence-electron chi connectivity index (χ2n) is 2.33. The molecule has 4 nitrogen and oxygen atoms in total. The van der Waals surface area contributed by atoms with E-state index in [0.717, 1.165) is 0 Å². The van der Waals surface area contributed by atoms with Crippen molar-refractivity contribution in [3.05, 3.63) is 28.5 Å². The molecule has 0 saturated heterocycles. The van der Waals surface area contributed by atoms with Crippen molar-refractivity contribution in [3.8, 4) is 0 Å². The third-order valence-electron chi connectivity index (χ3n) is 1.60. The molecule has 0 fully saturated rings. The van der Waals surface area contributed by atoms with E-state index >= 15 is 0 Å². The lowest BCUT2D eigenvalue weighted by Crippen LogP contribution is -2.10. The van der Waals surface area contributed by atoms with Gasteiger partial charge in [0.2, 0.25) is 0 Å². The van der Waals surface area contributed by atoms with E-state index in [1.807, 2.05) is 0 Å². The van der Waals surface area contributed by atoms with Gasteiger partial charge in [0.05, 0.1) is 7.11 Å². The largest absolute Gasteiger partial charge is 0.465 e. The zero-order valence-electron chi connectivity index (χ0n) is 7.08. The number of esters is 1. The van der Waals surface area contributed by atoms with E-state index < -0.39 is 5.97 Å². The Kier molecular flexibility index (Phi) is 3.22. The van der Waals surface area contributed by atoms with Gasteiger partial charge in [-0.2, -0.15) is 0 Å². The number of ether oxygens (including phenoxy) is 1. The Labute approximate surface area is 80.7 Å². The molecule has 1 heterocycles.